The van der Waals surface area contributed by atoms with Gasteiger partial charge in [-0.15, -0.1) is 0 Å². The Bertz CT molecular complexity index is 1130. The lowest BCUT2D eigenvalue weighted by Gasteiger charge is -2.31. The number of benzene rings is 2. The number of halogens is 1. The first-order chi connectivity index (χ1) is 14.3. The first-order valence-electron chi connectivity index (χ1n) is 10.2. The maximum Gasteiger partial charge on any atom is 0.264 e. The third-order valence-corrected chi connectivity index (χ3v) is 9.51. The maximum atomic E-state index is 13.2. The molecule has 1 aliphatic carbocycles. The van der Waals surface area contributed by atoms with Crippen LogP contribution in [0.1, 0.15) is 44.1 Å². The van der Waals surface area contributed by atoms with E-state index in [4.69, 9.17) is 0 Å². The standard InChI is InChI=1S/C21H25FN2O4S2/c22-17-9-12-20(13-10-17)30(27,28)24-14-4-5-16-8-11-18(15-21(16)24)23-29(25,26)19-6-2-1-3-7-19/h8-13,15,19,23H,1-7,14H2. The summed E-state index contributed by atoms with van der Waals surface area (Å²) in [5.41, 5.74) is 1.67. The number of nitrogens with zero attached hydrogens (tertiary/aromatic N) is 1. The van der Waals surface area contributed by atoms with Crippen molar-refractivity contribution in [1.29, 1.82) is 0 Å². The molecule has 0 spiro atoms. The smallest absolute Gasteiger partial charge is 0.264 e. The number of anilines is 2. The number of aryl methyl sites for hydroxylation is 1. The molecule has 1 saturated carbocycles. The molecule has 0 amide bonds. The van der Waals surface area contributed by atoms with Crippen molar-refractivity contribution < 1.29 is 21.2 Å². The zero-order chi connectivity index (χ0) is 21.4. The van der Waals surface area contributed by atoms with Gasteiger partial charge in [0.2, 0.25) is 10.0 Å². The van der Waals surface area contributed by atoms with Crippen LogP contribution in [0.2, 0.25) is 0 Å². The Hall–Kier alpha value is -2.13. The van der Waals surface area contributed by atoms with Crippen LogP contribution in [-0.2, 0) is 26.5 Å². The van der Waals surface area contributed by atoms with E-state index in [1.807, 2.05) is 0 Å². The van der Waals surface area contributed by atoms with Crippen LogP contribution in [0, 0.1) is 5.82 Å². The molecule has 0 atom stereocenters. The molecule has 1 N–H and O–H groups in total. The topological polar surface area (TPSA) is 83.6 Å². The minimum absolute atomic E-state index is 0.00457. The predicted molar refractivity (Wildman–Crippen MR) is 115 cm³/mol. The van der Waals surface area contributed by atoms with Crippen molar-refractivity contribution in [3.63, 3.8) is 0 Å². The van der Waals surface area contributed by atoms with Gasteiger partial charge in [-0.25, -0.2) is 21.2 Å². The molecule has 0 bridgehead atoms. The van der Waals surface area contributed by atoms with Gasteiger partial charge in [0, 0.05) is 6.54 Å². The van der Waals surface area contributed by atoms with E-state index in [1.54, 1.807) is 18.2 Å². The highest BCUT2D eigenvalue weighted by molar-refractivity contribution is 7.93. The number of hydrogen-bond acceptors (Lipinski definition) is 4. The highest BCUT2D eigenvalue weighted by Crippen LogP contribution is 2.35. The minimum Gasteiger partial charge on any atom is -0.283 e. The zero-order valence-electron chi connectivity index (χ0n) is 16.6. The summed E-state index contributed by atoms with van der Waals surface area (Å²) in [5.74, 6) is -0.507. The summed E-state index contributed by atoms with van der Waals surface area (Å²) in [5, 5.41) is -0.415. The molecule has 1 aliphatic heterocycles. The van der Waals surface area contributed by atoms with Gasteiger partial charge in [-0.2, -0.15) is 0 Å². The molecule has 2 aromatic rings. The van der Waals surface area contributed by atoms with Crippen LogP contribution in [0.25, 0.3) is 0 Å². The first-order valence-corrected chi connectivity index (χ1v) is 13.2. The van der Waals surface area contributed by atoms with Crippen LogP contribution in [0.15, 0.2) is 47.4 Å². The van der Waals surface area contributed by atoms with E-state index in [-0.39, 0.29) is 11.4 Å². The molecule has 2 aromatic carbocycles. The minimum atomic E-state index is -3.88. The highest BCUT2D eigenvalue weighted by Gasteiger charge is 2.31. The number of fused-ring (bicyclic) bond motifs is 1. The fraction of sp³-hybridized carbons (Fsp3) is 0.429. The van der Waals surface area contributed by atoms with Gasteiger partial charge >= 0.3 is 0 Å². The SMILES string of the molecule is O=S(=O)(Nc1ccc2c(c1)N(S(=O)(=O)c1ccc(F)cc1)CCC2)C1CCCCC1. The summed E-state index contributed by atoms with van der Waals surface area (Å²) in [4.78, 5) is 0.00457. The largest absolute Gasteiger partial charge is 0.283 e. The summed E-state index contributed by atoms with van der Waals surface area (Å²) in [7, 11) is -7.42. The summed E-state index contributed by atoms with van der Waals surface area (Å²) in [6, 6.07) is 9.78. The Balaban J connectivity index is 1.65. The van der Waals surface area contributed by atoms with Gasteiger partial charge in [-0.05, 0) is 67.6 Å². The average molecular weight is 453 g/mol. The van der Waals surface area contributed by atoms with Crippen molar-refractivity contribution >= 4 is 31.4 Å². The summed E-state index contributed by atoms with van der Waals surface area (Å²) in [6.45, 7) is 0.283. The lowest BCUT2D eigenvalue weighted by atomic mass is 10.0. The summed E-state index contributed by atoms with van der Waals surface area (Å²) >= 11 is 0. The van der Waals surface area contributed by atoms with E-state index in [0.29, 0.717) is 37.1 Å². The van der Waals surface area contributed by atoms with E-state index in [9.17, 15) is 21.2 Å². The van der Waals surface area contributed by atoms with E-state index in [2.05, 4.69) is 4.72 Å². The molecule has 2 aliphatic rings. The van der Waals surface area contributed by atoms with Gasteiger partial charge in [0.25, 0.3) is 10.0 Å². The number of hydrogen-bond donors (Lipinski definition) is 1. The molecule has 4 rings (SSSR count). The van der Waals surface area contributed by atoms with Crippen molar-refractivity contribution in [2.75, 3.05) is 15.6 Å². The Morgan fingerprint density at radius 2 is 1.60 bits per heavy atom. The third kappa shape index (κ3) is 4.18. The molecule has 1 heterocycles. The molecule has 6 nitrogen and oxygen atoms in total. The number of nitrogens with one attached hydrogen (secondary N) is 1. The zero-order valence-corrected chi connectivity index (χ0v) is 18.2. The molecular weight excluding hydrogens is 427 g/mol. The molecule has 1 fully saturated rings. The Morgan fingerprint density at radius 3 is 2.30 bits per heavy atom. The van der Waals surface area contributed by atoms with Gasteiger partial charge in [0.15, 0.2) is 0 Å². The van der Waals surface area contributed by atoms with Crippen molar-refractivity contribution in [3.05, 3.63) is 53.8 Å². The van der Waals surface area contributed by atoms with Gasteiger partial charge in [-0.1, -0.05) is 25.3 Å². The molecular formula is C21H25FN2O4S2. The van der Waals surface area contributed by atoms with Crippen molar-refractivity contribution in [2.24, 2.45) is 0 Å². The summed E-state index contributed by atoms with van der Waals surface area (Å²) in [6.07, 6.45) is 5.51. The normalized spacial score (nSPS) is 18.1. The molecule has 162 valence electrons. The van der Waals surface area contributed by atoms with Gasteiger partial charge in [0.1, 0.15) is 5.82 Å². The van der Waals surface area contributed by atoms with Crippen LogP contribution in [0.4, 0.5) is 15.8 Å². The Morgan fingerprint density at radius 1 is 0.900 bits per heavy atom. The molecule has 0 saturated heterocycles. The first kappa shape index (κ1) is 21.1. The Kier molecular flexibility index (Phi) is 5.76. The van der Waals surface area contributed by atoms with Crippen molar-refractivity contribution in [3.8, 4) is 0 Å². The highest BCUT2D eigenvalue weighted by atomic mass is 32.2. The van der Waals surface area contributed by atoms with Crippen LogP contribution < -0.4 is 9.03 Å². The monoisotopic (exact) mass is 452 g/mol. The summed E-state index contributed by atoms with van der Waals surface area (Å²) < 4.78 is 69.1. The Labute approximate surface area is 177 Å². The quantitative estimate of drug-likeness (QED) is 0.742. The number of sulfonamides is 2. The molecule has 30 heavy (non-hydrogen) atoms. The molecule has 9 heteroatoms. The van der Waals surface area contributed by atoms with E-state index < -0.39 is 31.1 Å². The van der Waals surface area contributed by atoms with Crippen LogP contribution in [0.3, 0.4) is 0 Å². The second kappa shape index (κ2) is 8.19. The van der Waals surface area contributed by atoms with Gasteiger partial charge < -0.3 is 0 Å². The van der Waals surface area contributed by atoms with Crippen molar-refractivity contribution in [2.45, 2.75) is 55.1 Å². The van der Waals surface area contributed by atoms with E-state index >= 15 is 0 Å². The molecule has 0 unspecified atom stereocenters. The van der Waals surface area contributed by atoms with Crippen LogP contribution in [-0.4, -0.2) is 28.6 Å². The predicted octanol–water partition coefficient (Wildman–Crippen LogP) is 4.04. The number of rotatable bonds is 5. The second-order valence-electron chi connectivity index (χ2n) is 7.89. The lowest BCUT2D eigenvalue weighted by molar-refractivity contribution is 0.486. The van der Waals surface area contributed by atoms with Crippen LogP contribution in [0.5, 0.6) is 0 Å². The van der Waals surface area contributed by atoms with Gasteiger partial charge in [-0.3, -0.25) is 9.03 Å². The lowest BCUT2D eigenvalue weighted by Crippen LogP contribution is -2.35. The van der Waals surface area contributed by atoms with E-state index in [0.717, 1.165) is 37.0 Å². The average Bonchev–Trinajstić information content (AvgIpc) is 2.74. The fourth-order valence-corrected chi connectivity index (χ4v) is 7.32. The van der Waals surface area contributed by atoms with Gasteiger partial charge in [0.05, 0.1) is 21.5 Å². The van der Waals surface area contributed by atoms with E-state index in [1.165, 1.54) is 16.4 Å². The van der Waals surface area contributed by atoms with Crippen LogP contribution >= 0.6 is 0 Å². The second-order valence-corrected chi connectivity index (χ2v) is 11.7. The molecule has 0 aromatic heterocycles. The fourth-order valence-electron chi connectivity index (χ4n) is 4.21. The van der Waals surface area contributed by atoms with Crippen molar-refractivity contribution in [1.82, 2.24) is 0 Å². The third-order valence-electron chi connectivity index (χ3n) is 5.81. The maximum absolute atomic E-state index is 13.2. The molecule has 0 radical (unpaired) electrons.